The minimum Gasteiger partial charge on any atom is -0.332 e. The quantitative estimate of drug-likeness (QED) is 0.354. The van der Waals surface area contributed by atoms with Gasteiger partial charge in [0.2, 0.25) is 5.91 Å². The number of nitriles is 1. The second-order valence-corrected chi connectivity index (χ2v) is 9.58. The average molecular weight is 457 g/mol. The Morgan fingerprint density at radius 2 is 1.81 bits per heavy atom. The van der Waals surface area contributed by atoms with E-state index in [-0.39, 0.29) is 11.7 Å². The highest BCUT2D eigenvalue weighted by Crippen LogP contribution is 2.39. The molecule has 2 heterocycles. The van der Waals surface area contributed by atoms with Crippen LogP contribution in [0, 0.1) is 11.3 Å². The molecule has 5 rings (SSSR count). The number of carbonyl (C=O) groups is 1. The number of nitrogens with zero attached hydrogens (tertiary/aromatic N) is 2. The van der Waals surface area contributed by atoms with Crippen LogP contribution in [0.2, 0.25) is 0 Å². The number of rotatable bonds is 6. The molecule has 1 aliphatic rings. The van der Waals surface area contributed by atoms with Crippen LogP contribution in [0.15, 0.2) is 65.8 Å². The lowest BCUT2D eigenvalue weighted by atomic mass is 10.1. The summed E-state index contributed by atoms with van der Waals surface area (Å²) in [5.74, 6) is 0.0778. The van der Waals surface area contributed by atoms with E-state index in [1.165, 1.54) is 28.0 Å². The standard InChI is InChI=1S/C25H20N4OS2/c26-14-19-18-12-7-13-20(18)32-24(19)27-21(30)15-31-25-28-22(16-8-3-1-4-9-16)23(29-25)17-10-5-2-6-11-17/h1-6,8-11H,7,12-13,15H2,(H,27,30)(H,28,29). The Balaban J connectivity index is 1.34. The number of hydrogen-bond acceptors (Lipinski definition) is 5. The third-order valence-corrected chi connectivity index (χ3v) is 7.50. The molecule has 4 aromatic rings. The maximum Gasteiger partial charge on any atom is 0.235 e. The predicted molar refractivity (Wildman–Crippen MR) is 130 cm³/mol. The fourth-order valence-corrected chi connectivity index (χ4v) is 5.87. The molecule has 2 N–H and O–H groups in total. The molecule has 32 heavy (non-hydrogen) atoms. The number of amides is 1. The maximum atomic E-state index is 12.6. The van der Waals surface area contributed by atoms with Gasteiger partial charge >= 0.3 is 0 Å². The van der Waals surface area contributed by atoms with Crippen LogP contribution < -0.4 is 5.32 Å². The van der Waals surface area contributed by atoms with Crippen molar-refractivity contribution in [3.8, 4) is 28.6 Å². The van der Waals surface area contributed by atoms with Crippen molar-refractivity contribution in [3.05, 3.63) is 76.7 Å². The topological polar surface area (TPSA) is 81.6 Å². The number of anilines is 1. The lowest BCUT2D eigenvalue weighted by Crippen LogP contribution is -2.14. The van der Waals surface area contributed by atoms with Gasteiger partial charge < -0.3 is 10.3 Å². The van der Waals surface area contributed by atoms with Crippen molar-refractivity contribution in [2.45, 2.75) is 24.4 Å². The molecule has 0 saturated carbocycles. The Bertz CT molecular complexity index is 1250. The molecule has 0 radical (unpaired) electrons. The van der Waals surface area contributed by atoms with Gasteiger partial charge in [-0.25, -0.2) is 4.98 Å². The van der Waals surface area contributed by atoms with Gasteiger partial charge in [-0.05, 0) is 24.8 Å². The SMILES string of the molecule is N#Cc1c(NC(=O)CSc2nc(-c3ccccc3)c(-c3ccccc3)[nH]2)sc2c1CCC2. The molecular formula is C25H20N4OS2. The highest BCUT2D eigenvalue weighted by atomic mass is 32.2. The molecule has 0 saturated heterocycles. The third-order valence-electron chi connectivity index (χ3n) is 5.42. The zero-order chi connectivity index (χ0) is 21.9. The van der Waals surface area contributed by atoms with Gasteiger partial charge in [-0.1, -0.05) is 72.4 Å². The number of aromatic amines is 1. The molecular weight excluding hydrogens is 436 g/mol. The molecule has 1 amide bonds. The minimum atomic E-state index is -0.134. The Kier molecular flexibility index (Phi) is 5.80. The summed E-state index contributed by atoms with van der Waals surface area (Å²) < 4.78 is 0. The molecule has 0 fully saturated rings. The van der Waals surface area contributed by atoms with Gasteiger partial charge in [0.25, 0.3) is 0 Å². The van der Waals surface area contributed by atoms with Crippen molar-refractivity contribution >= 4 is 34.0 Å². The Morgan fingerprint density at radius 3 is 2.53 bits per heavy atom. The van der Waals surface area contributed by atoms with Gasteiger partial charge in [-0.2, -0.15) is 5.26 Å². The molecule has 0 unspecified atom stereocenters. The van der Waals surface area contributed by atoms with Crippen molar-refractivity contribution in [2.75, 3.05) is 11.1 Å². The van der Waals surface area contributed by atoms with E-state index < -0.39 is 0 Å². The zero-order valence-corrected chi connectivity index (χ0v) is 18.9. The number of imidazole rings is 1. The molecule has 158 valence electrons. The van der Waals surface area contributed by atoms with Crippen molar-refractivity contribution < 1.29 is 4.79 Å². The molecule has 0 spiro atoms. The number of H-pyrrole nitrogens is 1. The van der Waals surface area contributed by atoms with E-state index >= 15 is 0 Å². The fraction of sp³-hybridized carbons (Fsp3) is 0.160. The van der Waals surface area contributed by atoms with E-state index in [2.05, 4.69) is 16.4 Å². The van der Waals surface area contributed by atoms with E-state index in [0.29, 0.717) is 15.7 Å². The number of nitrogens with one attached hydrogen (secondary N) is 2. The van der Waals surface area contributed by atoms with Crippen LogP contribution >= 0.6 is 23.1 Å². The fourth-order valence-electron chi connectivity index (χ4n) is 3.95. The minimum absolute atomic E-state index is 0.134. The Hall–Kier alpha value is -3.34. The molecule has 0 bridgehead atoms. The Morgan fingerprint density at radius 1 is 1.09 bits per heavy atom. The van der Waals surface area contributed by atoms with Crippen LogP contribution in [-0.4, -0.2) is 21.6 Å². The monoisotopic (exact) mass is 456 g/mol. The normalized spacial score (nSPS) is 12.3. The van der Waals surface area contributed by atoms with E-state index in [1.807, 2.05) is 60.7 Å². The van der Waals surface area contributed by atoms with Crippen LogP contribution in [0.4, 0.5) is 5.00 Å². The van der Waals surface area contributed by atoms with Crippen molar-refractivity contribution in [1.29, 1.82) is 5.26 Å². The number of aryl methyl sites for hydroxylation is 1. The largest absolute Gasteiger partial charge is 0.332 e. The molecule has 2 aromatic carbocycles. The van der Waals surface area contributed by atoms with Gasteiger partial charge in [0.15, 0.2) is 5.16 Å². The highest BCUT2D eigenvalue weighted by Gasteiger charge is 2.23. The number of fused-ring (bicyclic) bond motifs is 1. The first-order chi connectivity index (χ1) is 15.7. The van der Waals surface area contributed by atoms with Crippen LogP contribution in [0.25, 0.3) is 22.5 Å². The lowest BCUT2D eigenvalue weighted by Gasteiger charge is -2.03. The van der Waals surface area contributed by atoms with E-state index in [0.717, 1.165) is 47.3 Å². The number of aromatic nitrogens is 2. The second-order valence-electron chi connectivity index (χ2n) is 7.51. The predicted octanol–water partition coefficient (Wildman–Crippen LogP) is 5.90. The summed E-state index contributed by atoms with van der Waals surface area (Å²) in [5.41, 5.74) is 5.61. The summed E-state index contributed by atoms with van der Waals surface area (Å²) in [6, 6.07) is 22.4. The molecule has 2 aromatic heterocycles. The second kappa shape index (κ2) is 9.03. The van der Waals surface area contributed by atoms with Crippen LogP contribution in [0.1, 0.15) is 22.4 Å². The highest BCUT2D eigenvalue weighted by molar-refractivity contribution is 7.99. The van der Waals surface area contributed by atoms with Crippen molar-refractivity contribution in [1.82, 2.24) is 9.97 Å². The maximum absolute atomic E-state index is 12.6. The van der Waals surface area contributed by atoms with Gasteiger partial charge in [0.1, 0.15) is 11.1 Å². The van der Waals surface area contributed by atoms with Crippen LogP contribution in [0.5, 0.6) is 0 Å². The lowest BCUT2D eigenvalue weighted by molar-refractivity contribution is -0.113. The number of carbonyl (C=O) groups excluding carboxylic acids is 1. The summed E-state index contributed by atoms with van der Waals surface area (Å²) in [7, 11) is 0. The first-order valence-corrected chi connectivity index (χ1v) is 12.2. The van der Waals surface area contributed by atoms with E-state index in [9.17, 15) is 10.1 Å². The number of benzene rings is 2. The van der Waals surface area contributed by atoms with Crippen molar-refractivity contribution in [3.63, 3.8) is 0 Å². The molecule has 7 heteroatoms. The van der Waals surface area contributed by atoms with Crippen molar-refractivity contribution in [2.24, 2.45) is 0 Å². The van der Waals surface area contributed by atoms with Gasteiger partial charge in [-0.3, -0.25) is 4.79 Å². The molecule has 0 aliphatic heterocycles. The molecule has 1 aliphatic carbocycles. The average Bonchev–Trinajstić information content (AvgIpc) is 3.53. The third kappa shape index (κ3) is 4.07. The van der Waals surface area contributed by atoms with Gasteiger partial charge in [0, 0.05) is 16.0 Å². The molecule has 0 atom stereocenters. The summed E-state index contributed by atoms with van der Waals surface area (Å²) in [5, 5.41) is 13.8. The smallest absolute Gasteiger partial charge is 0.235 e. The Labute approximate surface area is 194 Å². The molecule has 5 nitrogen and oxygen atoms in total. The van der Waals surface area contributed by atoms with Gasteiger partial charge in [0.05, 0.1) is 22.7 Å². The summed E-state index contributed by atoms with van der Waals surface area (Å²) >= 11 is 2.90. The summed E-state index contributed by atoms with van der Waals surface area (Å²) in [6.07, 6.45) is 3.01. The number of thiophene rings is 1. The number of thioether (sulfide) groups is 1. The zero-order valence-electron chi connectivity index (χ0n) is 17.2. The van der Waals surface area contributed by atoms with E-state index in [1.54, 1.807) is 0 Å². The van der Waals surface area contributed by atoms with Crippen LogP contribution in [-0.2, 0) is 17.6 Å². The van der Waals surface area contributed by atoms with E-state index in [4.69, 9.17) is 4.98 Å². The first kappa shape index (κ1) is 20.6. The van der Waals surface area contributed by atoms with Gasteiger partial charge in [-0.15, -0.1) is 11.3 Å². The first-order valence-electron chi connectivity index (χ1n) is 10.4. The van der Waals surface area contributed by atoms with Crippen LogP contribution in [0.3, 0.4) is 0 Å². The summed E-state index contributed by atoms with van der Waals surface area (Å²) in [4.78, 5) is 22.0. The summed E-state index contributed by atoms with van der Waals surface area (Å²) in [6.45, 7) is 0. The number of hydrogen-bond donors (Lipinski definition) is 2.